The van der Waals surface area contributed by atoms with Gasteiger partial charge in [-0.25, -0.2) is 9.13 Å². The van der Waals surface area contributed by atoms with Crippen molar-refractivity contribution in [3.8, 4) is 0 Å². The standard InChI is InChI=1S/C7H13N2O2.ClH/c1-8-2-3-9(6-8)4-7(11)5-10;/h2-3,6-7,10-11H,4-5H2,1H3;1H/q+1;/p-1/t7-;/m0./s1. The van der Waals surface area contributed by atoms with Crippen LogP contribution in [0.2, 0.25) is 0 Å². The fourth-order valence-corrected chi connectivity index (χ4v) is 0.911. The number of aliphatic hydroxyl groups is 2. The van der Waals surface area contributed by atoms with Crippen LogP contribution in [-0.4, -0.2) is 27.5 Å². The van der Waals surface area contributed by atoms with Crippen molar-refractivity contribution in [3.63, 3.8) is 0 Å². The normalized spacial score (nSPS) is 12.2. The van der Waals surface area contributed by atoms with Gasteiger partial charge in [0.15, 0.2) is 0 Å². The largest absolute Gasteiger partial charge is 1.00 e. The van der Waals surface area contributed by atoms with Gasteiger partial charge in [0.25, 0.3) is 0 Å². The Hall–Kier alpha value is -0.580. The van der Waals surface area contributed by atoms with Gasteiger partial charge in [0, 0.05) is 0 Å². The molecule has 0 aliphatic heterocycles. The van der Waals surface area contributed by atoms with Crippen LogP contribution < -0.4 is 17.0 Å². The summed E-state index contributed by atoms with van der Waals surface area (Å²) >= 11 is 0. The summed E-state index contributed by atoms with van der Waals surface area (Å²) in [7, 11) is 1.90. The van der Waals surface area contributed by atoms with E-state index in [9.17, 15) is 0 Å². The second-order valence-electron chi connectivity index (χ2n) is 2.61. The summed E-state index contributed by atoms with van der Waals surface area (Å²) < 4.78 is 3.70. The molecule has 1 aromatic rings. The lowest BCUT2D eigenvalue weighted by Crippen LogP contribution is -3.00. The number of aliphatic hydroxyl groups excluding tert-OH is 2. The summed E-state index contributed by atoms with van der Waals surface area (Å²) in [5.41, 5.74) is 0. The smallest absolute Gasteiger partial charge is 0.243 e. The van der Waals surface area contributed by atoms with Crippen LogP contribution in [0, 0.1) is 0 Å². The highest BCUT2D eigenvalue weighted by Crippen LogP contribution is 1.88. The Morgan fingerprint density at radius 2 is 2.25 bits per heavy atom. The molecule has 1 aromatic heterocycles. The lowest BCUT2D eigenvalue weighted by atomic mass is 10.4. The Morgan fingerprint density at radius 1 is 1.58 bits per heavy atom. The van der Waals surface area contributed by atoms with E-state index >= 15 is 0 Å². The second kappa shape index (κ2) is 5.13. The van der Waals surface area contributed by atoms with Gasteiger partial charge in [-0.1, -0.05) is 0 Å². The number of rotatable bonds is 3. The molecule has 1 heterocycles. The molecule has 12 heavy (non-hydrogen) atoms. The van der Waals surface area contributed by atoms with Crippen molar-refractivity contribution < 1.29 is 27.2 Å². The van der Waals surface area contributed by atoms with Crippen molar-refractivity contribution >= 4 is 0 Å². The van der Waals surface area contributed by atoms with Gasteiger partial charge in [-0.05, 0) is 0 Å². The molecule has 0 aromatic carbocycles. The molecule has 2 N–H and O–H groups in total. The molecule has 0 unspecified atom stereocenters. The second-order valence-corrected chi connectivity index (χ2v) is 2.61. The molecule has 0 fully saturated rings. The molecule has 0 spiro atoms. The monoisotopic (exact) mass is 192 g/mol. The van der Waals surface area contributed by atoms with Gasteiger partial charge < -0.3 is 22.6 Å². The molecule has 70 valence electrons. The minimum absolute atomic E-state index is 0. The van der Waals surface area contributed by atoms with Crippen LogP contribution >= 0.6 is 0 Å². The van der Waals surface area contributed by atoms with Crippen LogP contribution in [0.3, 0.4) is 0 Å². The highest BCUT2D eigenvalue weighted by Gasteiger charge is 2.06. The average molecular weight is 193 g/mol. The topological polar surface area (TPSA) is 49.3 Å². The van der Waals surface area contributed by atoms with E-state index in [2.05, 4.69) is 0 Å². The quantitative estimate of drug-likeness (QED) is 0.476. The zero-order valence-corrected chi connectivity index (χ0v) is 7.65. The fraction of sp³-hybridized carbons (Fsp3) is 0.571. The van der Waals surface area contributed by atoms with Crippen LogP contribution in [0.15, 0.2) is 18.7 Å². The van der Waals surface area contributed by atoms with Crippen molar-refractivity contribution in [2.75, 3.05) is 6.61 Å². The highest BCUT2D eigenvalue weighted by molar-refractivity contribution is 4.68. The molecule has 0 bridgehead atoms. The predicted molar refractivity (Wildman–Crippen MR) is 38.7 cm³/mol. The molecule has 0 amide bonds. The van der Waals surface area contributed by atoms with Crippen LogP contribution in [0.4, 0.5) is 0 Å². The zero-order chi connectivity index (χ0) is 8.27. The van der Waals surface area contributed by atoms with Gasteiger partial charge in [-0.15, -0.1) is 0 Å². The Labute approximate surface area is 77.5 Å². The minimum atomic E-state index is -0.664. The third-order valence-electron chi connectivity index (χ3n) is 1.46. The van der Waals surface area contributed by atoms with Gasteiger partial charge in [0.05, 0.1) is 13.7 Å². The van der Waals surface area contributed by atoms with E-state index in [1.54, 1.807) is 0 Å². The Kier molecular flexibility index (Phi) is 4.89. The maximum atomic E-state index is 9.04. The number of aryl methyl sites for hydroxylation is 1. The molecule has 0 radical (unpaired) electrons. The van der Waals surface area contributed by atoms with E-state index in [4.69, 9.17) is 10.2 Å². The lowest BCUT2D eigenvalue weighted by Gasteiger charge is -2.01. The minimum Gasteiger partial charge on any atom is -1.00 e. The first-order chi connectivity index (χ1) is 5.22. The van der Waals surface area contributed by atoms with E-state index in [-0.39, 0.29) is 19.0 Å². The Balaban J connectivity index is 0.00000121. The molecule has 0 aliphatic rings. The summed E-state index contributed by atoms with van der Waals surface area (Å²) in [6, 6.07) is 0. The molecule has 4 nitrogen and oxygen atoms in total. The Morgan fingerprint density at radius 3 is 2.67 bits per heavy atom. The molecule has 1 atom stereocenters. The number of nitrogens with zero attached hydrogens (tertiary/aromatic N) is 2. The van der Waals surface area contributed by atoms with Crippen LogP contribution in [0.25, 0.3) is 0 Å². The first kappa shape index (κ1) is 11.4. The number of hydrogen-bond acceptors (Lipinski definition) is 2. The van der Waals surface area contributed by atoms with E-state index in [0.29, 0.717) is 6.54 Å². The van der Waals surface area contributed by atoms with Gasteiger partial charge in [0.1, 0.15) is 25.0 Å². The summed E-state index contributed by atoms with van der Waals surface area (Å²) in [6.07, 6.45) is 4.91. The molecule has 0 saturated carbocycles. The van der Waals surface area contributed by atoms with E-state index in [0.717, 1.165) is 0 Å². The average Bonchev–Trinajstić information content (AvgIpc) is 2.35. The maximum absolute atomic E-state index is 9.04. The zero-order valence-electron chi connectivity index (χ0n) is 6.89. The molecule has 0 saturated heterocycles. The van der Waals surface area contributed by atoms with Gasteiger partial charge in [-0.3, -0.25) is 0 Å². The molecular weight excluding hydrogens is 180 g/mol. The lowest BCUT2D eigenvalue weighted by molar-refractivity contribution is -0.671. The molecule has 0 aliphatic carbocycles. The number of imidazole rings is 1. The van der Waals surface area contributed by atoms with Crippen molar-refractivity contribution in [2.24, 2.45) is 7.05 Å². The van der Waals surface area contributed by atoms with Crippen molar-refractivity contribution in [3.05, 3.63) is 18.7 Å². The predicted octanol–water partition coefficient (Wildman–Crippen LogP) is -4.33. The van der Waals surface area contributed by atoms with E-state index < -0.39 is 6.10 Å². The number of hydrogen-bond donors (Lipinski definition) is 2. The number of aromatic nitrogens is 2. The first-order valence-electron chi connectivity index (χ1n) is 3.52. The van der Waals surface area contributed by atoms with E-state index in [1.807, 2.05) is 34.9 Å². The molecule has 1 rings (SSSR count). The van der Waals surface area contributed by atoms with Crippen LogP contribution in [-0.2, 0) is 13.6 Å². The van der Waals surface area contributed by atoms with Crippen LogP contribution in [0.5, 0.6) is 0 Å². The third kappa shape index (κ3) is 3.21. The highest BCUT2D eigenvalue weighted by atomic mass is 35.5. The first-order valence-corrected chi connectivity index (χ1v) is 3.52. The van der Waals surface area contributed by atoms with Crippen molar-refractivity contribution in [1.82, 2.24) is 4.57 Å². The van der Waals surface area contributed by atoms with E-state index in [1.165, 1.54) is 0 Å². The van der Waals surface area contributed by atoms with Gasteiger partial charge >= 0.3 is 0 Å². The fourth-order valence-electron chi connectivity index (χ4n) is 0.911. The summed E-state index contributed by atoms with van der Waals surface area (Å²) in [5, 5.41) is 17.6. The summed E-state index contributed by atoms with van der Waals surface area (Å²) in [6.45, 7) is 0.249. The van der Waals surface area contributed by atoms with Crippen molar-refractivity contribution in [2.45, 2.75) is 12.6 Å². The van der Waals surface area contributed by atoms with Crippen molar-refractivity contribution in [1.29, 1.82) is 0 Å². The molecule has 5 heteroatoms. The SMILES string of the molecule is C[n+]1ccn(C[C@H](O)CO)c1.[Cl-]. The number of halogens is 1. The Bertz CT molecular complexity index is 227. The van der Waals surface area contributed by atoms with Gasteiger partial charge in [0.2, 0.25) is 6.33 Å². The third-order valence-corrected chi connectivity index (χ3v) is 1.46. The molecular formula is C7H13ClN2O2. The van der Waals surface area contributed by atoms with Gasteiger partial charge in [-0.2, -0.15) is 0 Å². The summed E-state index contributed by atoms with van der Waals surface area (Å²) in [4.78, 5) is 0. The summed E-state index contributed by atoms with van der Waals surface area (Å²) in [5.74, 6) is 0. The van der Waals surface area contributed by atoms with Crippen LogP contribution in [0.1, 0.15) is 0 Å². The maximum Gasteiger partial charge on any atom is 0.243 e.